The fraction of sp³-hybridized carbons (Fsp3) is 0.105. The van der Waals surface area contributed by atoms with Crippen LogP contribution in [0.4, 0.5) is 10.1 Å². The summed E-state index contributed by atoms with van der Waals surface area (Å²) in [5.74, 6) is 0.0878. The molecule has 0 aliphatic rings. The lowest BCUT2D eigenvalue weighted by Gasteiger charge is -2.03. The highest BCUT2D eigenvalue weighted by molar-refractivity contribution is 8.01. The molecule has 0 spiro atoms. The van der Waals surface area contributed by atoms with Gasteiger partial charge in [0.25, 0.3) is 0 Å². The van der Waals surface area contributed by atoms with E-state index < -0.39 is 5.56 Å². The van der Waals surface area contributed by atoms with E-state index in [1.54, 1.807) is 31.4 Å². The highest BCUT2D eigenvalue weighted by Gasteiger charge is 2.15. The van der Waals surface area contributed by atoms with E-state index >= 15 is 0 Å². The molecule has 0 saturated carbocycles. The molecule has 0 saturated heterocycles. The number of fused-ring (bicyclic) bond motifs is 1. The van der Waals surface area contributed by atoms with Gasteiger partial charge in [-0.25, -0.2) is 4.39 Å². The highest BCUT2D eigenvalue weighted by Crippen LogP contribution is 2.24. The molecule has 8 nitrogen and oxygen atoms in total. The second kappa shape index (κ2) is 8.59. The standard InChI is InChI=1S/C19H14FN5O3S2/c1-28-14-8-2-11(3-9-14)16-17(27)25-18(23-22-16)30-19(24-25)29-10-15(26)21-13-6-4-12(20)5-7-13/h2-9H,10H2,1H3,(H,21,26). The van der Waals surface area contributed by atoms with Crippen molar-refractivity contribution < 1.29 is 13.9 Å². The molecule has 2 heterocycles. The van der Waals surface area contributed by atoms with Crippen molar-refractivity contribution in [2.45, 2.75) is 4.34 Å². The smallest absolute Gasteiger partial charge is 0.302 e. The van der Waals surface area contributed by atoms with E-state index in [1.807, 2.05) is 0 Å². The number of hydrogen-bond acceptors (Lipinski definition) is 8. The predicted molar refractivity (Wildman–Crippen MR) is 113 cm³/mol. The summed E-state index contributed by atoms with van der Waals surface area (Å²) in [5.41, 5.74) is 0.871. The van der Waals surface area contributed by atoms with Crippen molar-refractivity contribution in [2.75, 3.05) is 18.2 Å². The lowest BCUT2D eigenvalue weighted by molar-refractivity contribution is -0.113. The minimum Gasteiger partial charge on any atom is -0.497 e. The van der Waals surface area contributed by atoms with Gasteiger partial charge in [-0.15, -0.1) is 15.3 Å². The minimum atomic E-state index is -0.399. The Balaban J connectivity index is 1.49. The maximum Gasteiger partial charge on any atom is 0.302 e. The number of hydrogen-bond donors (Lipinski definition) is 1. The van der Waals surface area contributed by atoms with E-state index in [-0.39, 0.29) is 23.2 Å². The first-order valence-electron chi connectivity index (χ1n) is 8.62. The molecule has 0 aliphatic carbocycles. The zero-order chi connectivity index (χ0) is 21.1. The third kappa shape index (κ3) is 4.31. The quantitative estimate of drug-likeness (QED) is 0.457. The number of benzene rings is 2. The Bertz CT molecular complexity index is 1260. The molecular formula is C19H14FN5O3S2. The van der Waals surface area contributed by atoms with Gasteiger partial charge in [0.2, 0.25) is 10.9 Å². The summed E-state index contributed by atoms with van der Waals surface area (Å²) in [5, 5.41) is 15.0. The van der Waals surface area contributed by atoms with Crippen LogP contribution in [0.3, 0.4) is 0 Å². The Hall–Kier alpha value is -3.31. The molecule has 11 heteroatoms. The highest BCUT2D eigenvalue weighted by atomic mass is 32.2. The molecule has 30 heavy (non-hydrogen) atoms. The van der Waals surface area contributed by atoms with Crippen LogP contribution < -0.4 is 15.6 Å². The van der Waals surface area contributed by atoms with Crippen molar-refractivity contribution in [3.05, 3.63) is 64.7 Å². The monoisotopic (exact) mass is 443 g/mol. The van der Waals surface area contributed by atoms with Crippen LogP contribution in [0, 0.1) is 5.82 Å². The van der Waals surface area contributed by atoms with Gasteiger partial charge in [0, 0.05) is 11.3 Å². The Morgan fingerprint density at radius 3 is 2.60 bits per heavy atom. The Labute approximate surface area is 177 Å². The van der Waals surface area contributed by atoms with E-state index in [9.17, 15) is 14.0 Å². The zero-order valence-electron chi connectivity index (χ0n) is 15.5. The van der Waals surface area contributed by atoms with Gasteiger partial charge in [-0.2, -0.15) is 4.52 Å². The number of halogens is 1. The normalized spacial score (nSPS) is 10.9. The number of methoxy groups -OCH3 is 1. The summed E-state index contributed by atoms with van der Waals surface area (Å²) < 4.78 is 19.7. The third-order valence-electron chi connectivity index (χ3n) is 3.99. The summed E-state index contributed by atoms with van der Waals surface area (Å²) in [7, 11) is 1.56. The molecule has 0 aliphatic heterocycles. The van der Waals surface area contributed by atoms with E-state index in [4.69, 9.17) is 4.74 Å². The Kier molecular flexibility index (Phi) is 5.72. The van der Waals surface area contributed by atoms with E-state index in [0.717, 1.165) is 11.3 Å². The van der Waals surface area contributed by atoms with E-state index in [1.165, 1.54) is 40.5 Å². The van der Waals surface area contributed by atoms with Gasteiger partial charge < -0.3 is 10.1 Å². The minimum absolute atomic E-state index is 0.0741. The summed E-state index contributed by atoms with van der Waals surface area (Å²) in [6.07, 6.45) is 0. The van der Waals surface area contributed by atoms with Crippen LogP contribution in [0.15, 0.2) is 57.7 Å². The second-order valence-electron chi connectivity index (χ2n) is 5.99. The molecule has 4 rings (SSSR count). The number of amides is 1. The number of carbonyl (C=O) groups excluding carboxylic acids is 1. The molecule has 0 radical (unpaired) electrons. The van der Waals surface area contributed by atoms with Crippen molar-refractivity contribution >= 4 is 39.7 Å². The first-order chi connectivity index (χ1) is 14.5. The maximum absolute atomic E-state index is 12.9. The average Bonchev–Trinajstić information content (AvgIpc) is 3.19. The fourth-order valence-electron chi connectivity index (χ4n) is 2.54. The van der Waals surface area contributed by atoms with Gasteiger partial charge >= 0.3 is 5.56 Å². The molecule has 4 aromatic rings. The number of ether oxygens (including phenoxy) is 1. The van der Waals surface area contributed by atoms with Crippen molar-refractivity contribution in [3.8, 4) is 17.0 Å². The predicted octanol–water partition coefficient (Wildman–Crippen LogP) is 3.09. The van der Waals surface area contributed by atoms with Crippen molar-refractivity contribution in [2.24, 2.45) is 0 Å². The lowest BCUT2D eigenvalue weighted by atomic mass is 10.1. The molecule has 0 atom stereocenters. The van der Waals surface area contributed by atoms with Crippen LogP contribution in [-0.4, -0.2) is 38.6 Å². The van der Waals surface area contributed by atoms with Gasteiger partial charge in [0.1, 0.15) is 11.6 Å². The first kappa shape index (κ1) is 20.0. The number of nitrogens with one attached hydrogen (secondary N) is 1. The van der Waals surface area contributed by atoms with Gasteiger partial charge in [0.15, 0.2) is 10.0 Å². The van der Waals surface area contributed by atoms with E-state index in [2.05, 4.69) is 20.6 Å². The van der Waals surface area contributed by atoms with Gasteiger partial charge in [-0.3, -0.25) is 9.59 Å². The summed E-state index contributed by atoms with van der Waals surface area (Å²) in [6.45, 7) is 0. The van der Waals surface area contributed by atoms with Crippen molar-refractivity contribution in [3.63, 3.8) is 0 Å². The molecule has 1 amide bonds. The van der Waals surface area contributed by atoms with Crippen LogP contribution in [0.1, 0.15) is 0 Å². The summed E-state index contributed by atoms with van der Waals surface area (Å²) in [4.78, 5) is 25.2. The fourth-order valence-corrected chi connectivity index (χ4v) is 4.22. The molecule has 152 valence electrons. The molecule has 0 unspecified atom stereocenters. The summed E-state index contributed by atoms with van der Waals surface area (Å²) in [6, 6.07) is 12.4. The summed E-state index contributed by atoms with van der Waals surface area (Å²) >= 11 is 2.33. The number of nitrogens with zero attached hydrogens (tertiary/aromatic N) is 4. The zero-order valence-corrected chi connectivity index (χ0v) is 17.2. The van der Waals surface area contributed by atoms with Crippen LogP contribution >= 0.6 is 23.1 Å². The van der Waals surface area contributed by atoms with Crippen LogP contribution in [-0.2, 0) is 4.79 Å². The topological polar surface area (TPSA) is 98.5 Å². The lowest BCUT2D eigenvalue weighted by Crippen LogP contribution is -2.19. The number of anilines is 1. The molecule has 2 aromatic carbocycles. The van der Waals surface area contributed by atoms with Crippen molar-refractivity contribution in [1.82, 2.24) is 19.8 Å². The number of rotatable bonds is 6. The molecular weight excluding hydrogens is 429 g/mol. The van der Waals surface area contributed by atoms with Crippen LogP contribution in [0.25, 0.3) is 16.2 Å². The number of aromatic nitrogens is 4. The third-order valence-corrected chi connectivity index (χ3v) is 6.02. The van der Waals surface area contributed by atoms with Crippen LogP contribution in [0.2, 0.25) is 0 Å². The van der Waals surface area contributed by atoms with E-state index in [0.29, 0.717) is 26.3 Å². The molecule has 1 N–H and O–H groups in total. The Morgan fingerprint density at radius 2 is 1.90 bits per heavy atom. The Morgan fingerprint density at radius 1 is 1.17 bits per heavy atom. The largest absolute Gasteiger partial charge is 0.497 e. The maximum atomic E-state index is 12.9. The average molecular weight is 443 g/mol. The van der Waals surface area contributed by atoms with Gasteiger partial charge in [0.05, 0.1) is 12.9 Å². The molecule has 2 aromatic heterocycles. The van der Waals surface area contributed by atoms with Gasteiger partial charge in [-0.1, -0.05) is 23.1 Å². The number of carbonyl (C=O) groups is 1. The van der Waals surface area contributed by atoms with Gasteiger partial charge in [-0.05, 0) is 48.5 Å². The molecule has 0 fully saturated rings. The van der Waals surface area contributed by atoms with Crippen molar-refractivity contribution in [1.29, 1.82) is 0 Å². The van der Waals surface area contributed by atoms with Crippen LogP contribution in [0.5, 0.6) is 5.75 Å². The first-order valence-corrected chi connectivity index (χ1v) is 10.4. The SMILES string of the molecule is COc1ccc(-c2nnc3sc(SCC(=O)Nc4ccc(F)cc4)nn3c2=O)cc1. The number of thioether (sulfide) groups is 1. The molecule has 0 bridgehead atoms. The second-order valence-corrected chi connectivity index (χ2v) is 8.17.